The van der Waals surface area contributed by atoms with Crippen molar-refractivity contribution in [3.8, 4) is 0 Å². The van der Waals surface area contributed by atoms with Gasteiger partial charge in [-0.15, -0.1) is 0 Å². The van der Waals surface area contributed by atoms with Crippen molar-refractivity contribution in [2.24, 2.45) is 11.3 Å². The molecule has 1 amide bonds. The summed E-state index contributed by atoms with van der Waals surface area (Å²) in [6, 6.07) is 0. The highest BCUT2D eigenvalue weighted by molar-refractivity contribution is 5.75. The standard InChI is InChI=1S/C16H29NO3/c1-16(2,10-9-15(19)20)11-12-17-14(18)8-7-13-5-3-4-6-13/h13H,3-12H2,1-2H3,(H,17,18)(H,19,20). The van der Waals surface area contributed by atoms with E-state index in [1.807, 2.05) is 0 Å². The van der Waals surface area contributed by atoms with Crippen LogP contribution < -0.4 is 5.32 Å². The Labute approximate surface area is 122 Å². The molecule has 20 heavy (non-hydrogen) atoms. The molecule has 1 rings (SSSR count). The third kappa shape index (κ3) is 7.51. The summed E-state index contributed by atoms with van der Waals surface area (Å²) < 4.78 is 0. The van der Waals surface area contributed by atoms with E-state index in [2.05, 4.69) is 19.2 Å². The first-order valence-electron chi connectivity index (χ1n) is 7.87. The molecule has 0 saturated heterocycles. The number of carbonyl (C=O) groups excluding carboxylic acids is 1. The zero-order valence-electron chi connectivity index (χ0n) is 12.9. The van der Waals surface area contributed by atoms with Crippen molar-refractivity contribution in [1.82, 2.24) is 5.32 Å². The van der Waals surface area contributed by atoms with Crippen molar-refractivity contribution >= 4 is 11.9 Å². The minimum absolute atomic E-state index is 0.0306. The van der Waals surface area contributed by atoms with Crippen LogP contribution in [0.25, 0.3) is 0 Å². The highest BCUT2D eigenvalue weighted by Crippen LogP contribution is 2.28. The van der Waals surface area contributed by atoms with Gasteiger partial charge in [0.05, 0.1) is 0 Å². The van der Waals surface area contributed by atoms with Crippen molar-refractivity contribution in [1.29, 1.82) is 0 Å². The van der Waals surface area contributed by atoms with Gasteiger partial charge in [-0.3, -0.25) is 9.59 Å². The van der Waals surface area contributed by atoms with Crippen LogP contribution in [0.4, 0.5) is 0 Å². The van der Waals surface area contributed by atoms with E-state index in [0.29, 0.717) is 19.4 Å². The Balaban J connectivity index is 2.09. The van der Waals surface area contributed by atoms with Crippen molar-refractivity contribution < 1.29 is 14.7 Å². The molecule has 1 fully saturated rings. The number of nitrogens with one attached hydrogen (secondary N) is 1. The maximum absolute atomic E-state index is 11.7. The molecule has 2 N–H and O–H groups in total. The maximum atomic E-state index is 11.7. The second-order valence-electron chi connectivity index (χ2n) is 6.85. The van der Waals surface area contributed by atoms with Gasteiger partial charge in [-0.2, -0.15) is 0 Å². The topological polar surface area (TPSA) is 66.4 Å². The van der Waals surface area contributed by atoms with E-state index in [9.17, 15) is 9.59 Å². The molecule has 0 heterocycles. The Kier molecular flexibility index (Phi) is 7.03. The average Bonchev–Trinajstić information content (AvgIpc) is 2.87. The number of aliphatic carboxylic acids is 1. The van der Waals surface area contributed by atoms with Crippen LogP contribution in [-0.4, -0.2) is 23.5 Å². The predicted molar refractivity (Wildman–Crippen MR) is 79.5 cm³/mol. The zero-order chi connectivity index (χ0) is 15.0. The van der Waals surface area contributed by atoms with Gasteiger partial charge in [0.15, 0.2) is 0 Å². The van der Waals surface area contributed by atoms with Crippen LogP contribution >= 0.6 is 0 Å². The van der Waals surface area contributed by atoms with Crippen LogP contribution in [-0.2, 0) is 9.59 Å². The summed E-state index contributed by atoms with van der Waals surface area (Å²) in [5, 5.41) is 11.7. The first-order chi connectivity index (χ1) is 9.39. The van der Waals surface area contributed by atoms with E-state index in [-0.39, 0.29) is 17.7 Å². The minimum Gasteiger partial charge on any atom is -0.481 e. The summed E-state index contributed by atoms with van der Waals surface area (Å²) in [6.45, 7) is 4.76. The van der Waals surface area contributed by atoms with Crippen LogP contribution in [0.2, 0.25) is 0 Å². The van der Waals surface area contributed by atoms with Crippen molar-refractivity contribution in [2.45, 2.75) is 71.6 Å². The monoisotopic (exact) mass is 283 g/mol. The Morgan fingerprint density at radius 1 is 1.15 bits per heavy atom. The lowest BCUT2D eigenvalue weighted by atomic mass is 9.84. The summed E-state index contributed by atoms with van der Waals surface area (Å²) in [7, 11) is 0. The van der Waals surface area contributed by atoms with Gasteiger partial charge >= 0.3 is 5.97 Å². The molecule has 1 aliphatic carbocycles. The van der Waals surface area contributed by atoms with E-state index < -0.39 is 5.97 Å². The first kappa shape index (κ1) is 17.0. The van der Waals surface area contributed by atoms with E-state index in [1.54, 1.807) is 0 Å². The molecule has 0 aromatic carbocycles. The van der Waals surface area contributed by atoms with Crippen LogP contribution in [0, 0.1) is 11.3 Å². The molecular formula is C16H29NO3. The summed E-state index contributed by atoms with van der Waals surface area (Å²) in [6.07, 6.45) is 8.56. The maximum Gasteiger partial charge on any atom is 0.303 e. The molecule has 1 saturated carbocycles. The number of hydrogen-bond donors (Lipinski definition) is 2. The third-order valence-corrected chi connectivity index (χ3v) is 4.39. The molecule has 4 nitrogen and oxygen atoms in total. The van der Waals surface area contributed by atoms with Crippen molar-refractivity contribution in [3.05, 3.63) is 0 Å². The van der Waals surface area contributed by atoms with Crippen LogP contribution in [0.5, 0.6) is 0 Å². The van der Waals surface area contributed by atoms with Gasteiger partial charge in [-0.25, -0.2) is 0 Å². The fraction of sp³-hybridized carbons (Fsp3) is 0.875. The highest BCUT2D eigenvalue weighted by Gasteiger charge is 2.20. The van der Waals surface area contributed by atoms with Crippen LogP contribution in [0.3, 0.4) is 0 Å². The molecule has 0 spiro atoms. The van der Waals surface area contributed by atoms with Gasteiger partial charge in [0.2, 0.25) is 5.91 Å². The molecule has 0 atom stereocenters. The summed E-state index contributed by atoms with van der Waals surface area (Å²) >= 11 is 0. The number of carboxylic acids is 1. The van der Waals surface area contributed by atoms with E-state index in [1.165, 1.54) is 25.7 Å². The molecule has 116 valence electrons. The van der Waals surface area contributed by atoms with Gasteiger partial charge in [-0.1, -0.05) is 39.5 Å². The molecule has 0 aromatic rings. The largest absolute Gasteiger partial charge is 0.481 e. The molecule has 0 unspecified atom stereocenters. The minimum atomic E-state index is -0.751. The molecule has 0 bridgehead atoms. The van der Waals surface area contributed by atoms with Gasteiger partial charge in [-0.05, 0) is 30.6 Å². The Morgan fingerprint density at radius 3 is 2.40 bits per heavy atom. The predicted octanol–water partition coefficient (Wildman–Crippen LogP) is 3.35. The molecule has 1 aliphatic rings. The van der Waals surface area contributed by atoms with E-state index >= 15 is 0 Å². The Bertz CT molecular complexity index is 320. The lowest BCUT2D eigenvalue weighted by Crippen LogP contribution is -2.28. The van der Waals surface area contributed by atoms with E-state index in [0.717, 1.165) is 18.8 Å². The van der Waals surface area contributed by atoms with Crippen LogP contribution in [0.1, 0.15) is 71.6 Å². The van der Waals surface area contributed by atoms with Gasteiger partial charge in [0.25, 0.3) is 0 Å². The zero-order valence-corrected chi connectivity index (χ0v) is 12.9. The molecule has 4 heteroatoms. The molecule has 0 aliphatic heterocycles. The van der Waals surface area contributed by atoms with Gasteiger partial charge in [0, 0.05) is 19.4 Å². The van der Waals surface area contributed by atoms with E-state index in [4.69, 9.17) is 5.11 Å². The van der Waals surface area contributed by atoms with Gasteiger partial charge in [0.1, 0.15) is 0 Å². The lowest BCUT2D eigenvalue weighted by Gasteiger charge is -2.23. The molecular weight excluding hydrogens is 254 g/mol. The number of amides is 1. The number of carboxylic acid groups (broad SMARTS) is 1. The van der Waals surface area contributed by atoms with Crippen molar-refractivity contribution in [2.75, 3.05) is 6.54 Å². The number of hydrogen-bond acceptors (Lipinski definition) is 2. The Hall–Kier alpha value is -1.06. The molecule has 0 radical (unpaired) electrons. The first-order valence-corrected chi connectivity index (χ1v) is 7.87. The lowest BCUT2D eigenvalue weighted by molar-refractivity contribution is -0.137. The second kappa shape index (κ2) is 8.28. The summed E-state index contributed by atoms with van der Waals surface area (Å²) in [5.41, 5.74) is -0.0306. The number of rotatable bonds is 9. The SMILES string of the molecule is CC(C)(CCNC(=O)CCC1CCCC1)CCC(=O)O. The second-order valence-corrected chi connectivity index (χ2v) is 6.85. The molecule has 0 aromatic heterocycles. The third-order valence-electron chi connectivity index (χ3n) is 4.39. The average molecular weight is 283 g/mol. The van der Waals surface area contributed by atoms with Crippen molar-refractivity contribution in [3.63, 3.8) is 0 Å². The van der Waals surface area contributed by atoms with Gasteiger partial charge < -0.3 is 10.4 Å². The summed E-state index contributed by atoms with van der Waals surface area (Å²) in [5.74, 6) is 0.150. The quantitative estimate of drug-likeness (QED) is 0.682. The fourth-order valence-corrected chi connectivity index (χ4v) is 2.83. The number of carbonyl (C=O) groups is 2. The van der Waals surface area contributed by atoms with Crippen LogP contribution in [0.15, 0.2) is 0 Å². The highest BCUT2D eigenvalue weighted by atomic mass is 16.4. The fourth-order valence-electron chi connectivity index (χ4n) is 2.83. The summed E-state index contributed by atoms with van der Waals surface area (Å²) in [4.78, 5) is 22.3. The Morgan fingerprint density at radius 2 is 1.80 bits per heavy atom. The normalized spacial score (nSPS) is 16.3. The smallest absolute Gasteiger partial charge is 0.303 e.